The van der Waals surface area contributed by atoms with Crippen molar-refractivity contribution in [2.75, 3.05) is 0 Å². The van der Waals surface area contributed by atoms with Crippen LogP contribution in [0.3, 0.4) is 0 Å². The molecule has 6 heteroatoms. The largest absolute Gasteiger partial charge is 0.547 e. The molecule has 0 bridgehead atoms. The van der Waals surface area contributed by atoms with Gasteiger partial charge in [0, 0.05) is 6.08 Å². The number of hydrogen-bond acceptors (Lipinski definition) is 5. The number of rotatable bonds is 2. The molecule has 6 nitrogen and oxygen atoms in total. The van der Waals surface area contributed by atoms with Crippen LogP contribution in [-0.4, -0.2) is 35.3 Å². The molecule has 0 aromatic heterocycles. The Balaban J connectivity index is 2.30. The van der Waals surface area contributed by atoms with E-state index in [4.69, 9.17) is 4.74 Å². The molecule has 74 valence electrons. The zero-order valence-electron chi connectivity index (χ0n) is 7.00. The van der Waals surface area contributed by atoms with Crippen LogP contribution in [0.4, 0.5) is 0 Å². The summed E-state index contributed by atoms with van der Waals surface area (Å²) in [5.74, 6) is -1.78. The van der Waals surface area contributed by atoms with E-state index in [1.807, 2.05) is 0 Å². The maximum atomic E-state index is 11.0. The Hall–Kier alpha value is -1.85. The lowest BCUT2D eigenvalue weighted by Crippen LogP contribution is -2.57. The quantitative estimate of drug-likeness (QED) is 0.283. The van der Waals surface area contributed by atoms with E-state index in [-0.39, 0.29) is 18.1 Å². The number of ether oxygens (including phenoxy) is 1. The first-order valence-electron chi connectivity index (χ1n) is 3.99. The van der Waals surface area contributed by atoms with Gasteiger partial charge >= 0.3 is 0 Å². The molecule has 0 radical (unpaired) electrons. The van der Waals surface area contributed by atoms with E-state index >= 15 is 0 Å². The van der Waals surface area contributed by atoms with Crippen molar-refractivity contribution in [2.24, 2.45) is 0 Å². The van der Waals surface area contributed by atoms with Gasteiger partial charge in [-0.3, -0.25) is 14.5 Å². The molecule has 2 heterocycles. The molecule has 0 aromatic carbocycles. The molecule has 0 unspecified atom stereocenters. The van der Waals surface area contributed by atoms with E-state index in [2.05, 4.69) is 0 Å². The van der Waals surface area contributed by atoms with E-state index < -0.39 is 18.2 Å². The highest BCUT2D eigenvalue weighted by molar-refractivity contribution is 5.91. The second-order valence-electron chi connectivity index (χ2n) is 3.00. The van der Waals surface area contributed by atoms with Crippen LogP contribution in [0.15, 0.2) is 11.8 Å². The third-order valence-electron chi connectivity index (χ3n) is 2.22. The lowest BCUT2D eigenvalue weighted by Gasteiger charge is -2.35. The monoisotopic (exact) mass is 196 g/mol. The zero-order valence-corrected chi connectivity index (χ0v) is 7.00. The highest BCUT2D eigenvalue weighted by atomic mass is 16.5. The second kappa shape index (κ2) is 2.83. The average Bonchev–Trinajstić information content (AvgIpc) is 2.39. The normalized spacial score (nSPS) is 32.1. The van der Waals surface area contributed by atoms with Crippen molar-refractivity contribution in [3.8, 4) is 0 Å². The van der Waals surface area contributed by atoms with Crippen LogP contribution in [0.1, 0.15) is 6.42 Å². The molecule has 2 saturated heterocycles. The summed E-state index contributed by atoms with van der Waals surface area (Å²) in [5, 5.41) is 10.7. The molecule has 14 heavy (non-hydrogen) atoms. The lowest BCUT2D eigenvalue weighted by molar-refractivity contribution is -0.310. The number of aldehydes is 1. The Kier molecular flexibility index (Phi) is 1.77. The summed E-state index contributed by atoms with van der Waals surface area (Å²) < 4.78 is 5.06. The maximum Gasteiger partial charge on any atom is 0.232 e. The van der Waals surface area contributed by atoms with Crippen LogP contribution in [0.5, 0.6) is 0 Å². The number of carboxylic acid groups (broad SMARTS) is 1. The topological polar surface area (TPSA) is 86.7 Å². The van der Waals surface area contributed by atoms with Crippen LogP contribution in [0.2, 0.25) is 0 Å². The predicted molar refractivity (Wildman–Crippen MR) is 39.3 cm³/mol. The van der Waals surface area contributed by atoms with Crippen LogP contribution < -0.4 is 5.11 Å². The molecule has 2 aliphatic heterocycles. The zero-order chi connectivity index (χ0) is 10.3. The van der Waals surface area contributed by atoms with Crippen LogP contribution >= 0.6 is 0 Å². The van der Waals surface area contributed by atoms with Gasteiger partial charge in [0.05, 0.1) is 12.4 Å². The third kappa shape index (κ3) is 1.00. The summed E-state index contributed by atoms with van der Waals surface area (Å²) in [7, 11) is 0. The molecule has 0 aromatic rings. The smallest absolute Gasteiger partial charge is 0.232 e. The third-order valence-corrected chi connectivity index (χ3v) is 2.22. The minimum atomic E-state index is -1.44. The van der Waals surface area contributed by atoms with Crippen molar-refractivity contribution in [3.05, 3.63) is 11.8 Å². The lowest BCUT2D eigenvalue weighted by atomic mass is 10.1. The molecule has 2 fully saturated rings. The van der Waals surface area contributed by atoms with E-state index in [9.17, 15) is 19.5 Å². The van der Waals surface area contributed by atoms with Crippen molar-refractivity contribution in [1.29, 1.82) is 0 Å². The number of allylic oxidation sites excluding steroid dienone is 1. The van der Waals surface area contributed by atoms with Crippen molar-refractivity contribution in [3.63, 3.8) is 0 Å². The first-order chi connectivity index (χ1) is 6.65. The number of nitrogens with zero attached hydrogens (tertiary/aromatic N) is 1. The molecule has 0 N–H and O–H groups in total. The average molecular weight is 196 g/mol. The molecule has 0 aliphatic carbocycles. The summed E-state index contributed by atoms with van der Waals surface area (Å²) in [6.07, 6.45) is 1.02. The SMILES string of the molecule is O=C/C=C1\O[C@@H]2CC(=O)N2[C@H]1C(=O)[O-]. The maximum absolute atomic E-state index is 11.0. The van der Waals surface area contributed by atoms with E-state index in [0.717, 1.165) is 11.0 Å². The van der Waals surface area contributed by atoms with Gasteiger partial charge in [0.25, 0.3) is 0 Å². The van der Waals surface area contributed by atoms with Crippen molar-refractivity contribution >= 4 is 18.2 Å². The van der Waals surface area contributed by atoms with Gasteiger partial charge in [0.1, 0.15) is 18.1 Å². The fraction of sp³-hybridized carbons (Fsp3) is 0.375. The fourth-order valence-electron chi connectivity index (χ4n) is 1.60. The van der Waals surface area contributed by atoms with Gasteiger partial charge < -0.3 is 14.6 Å². The summed E-state index contributed by atoms with van der Waals surface area (Å²) >= 11 is 0. The predicted octanol–water partition coefficient (Wildman–Crippen LogP) is -2.22. The highest BCUT2D eigenvalue weighted by Crippen LogP contribution is 2.35. The van der Waals surface area contributed by atoms with Gasteiger partial charge in [-0.2, -0.15) is 0 Å². The number of carboxylic acids is 1. The van der Waals surface area contributed by atoms with Gasteiger partial charge in [0.2, 0.25) is 5.91 Å². The summed E-state index contributed by atoms with van der Waals surface area (Å²) in [6, 6.07) is -1.24. The Morgan fingerprint density at radius 1 is 1.64 bits per heavy atom. The first kappa shape index (κ1) is 8.74. The number of carbonyl (C=O) groups excluding carboxylic acids is 3. The number of carbonyl (C=O) groups is 3. The summed E-state index contributed by atoms with van der Waals surface area (Å²) in [6.45, 7) is 0. The van der Waals surface area contributed by atoms with Crippen molar-refractivity contribution in [2.45, 2.75) is 18.7 Å². The van der Waals surface area contributed by atoms with Gasteiger partial charge in [-0.05, 0) is 0 Å². The number of fused-ring (bicyclic) bond motifs is 1. The van der Waals surface area contributed by atoms with Gasteiger partial charge in [-0.25, -0.2) is 0 Å². The Bertz CT molecular complexity index is 348. The number of aliphatic carboxylic acids is 1. The molecule has 2 aliphatic rings. The number of amides is 1. The van der Waals surface area contributed by atoms with Gasteiger partial charge in [0.15, 0.2) is 6.23 Å². The summed E-state index contributed by atoms with van der Waals surface area (Å²) in [4.78, 5) is 32.9. The molecular weight excluding hydrogens is 190 g/mol. The highest BCUT2D eigenvalue weighted by Gasteiger charge is 2.51. The van der Waals surface area contributed by atoms with Gasteiger partial charge in [-0.1, -0.05) is 0 Å². The Labute approximate surface area is 78.7 Å². The molecule has 0 spiro atoms. The number of hydrogen-bond donors (Lipinski definition) is 0. The van der Waals surface area contributed by atoms with Gasteiger partial charge in [-0.15, -0.1) is 0 Å². The molecule has 2 rings (SSSR count). The Morgan fingerprint density at radius 2 is 2.36 bits per heavy atom. The van der Waals surface area contributed by atoms with Crippen LogP contribution in [-0.2, 0) is 19.1 Å². The van der Waals surface area contributed by atoms with Crippen molar-refractivity contribution < 1.29 is 24.2 Å². The molecule has 1 amide bonds. The molecule has 2 atom stereocenters. The van der Waals surface area contributed by atoms with Crippen LogP contribution in [0.25, 0.3) is 0 Å². The fourth-order valence-corrected chi connectivity index (χ4v) is 1.60. The first-order valence-corrected chi connectivity index (χ1v) is 3.99. The molecular formula is C8H6NO5-. The second-order valence-corrected chi connectivity index (χ2v) is 3.00. The Morgan fingerprint density at radius 3 is 2.86 bits per heavy atom. The molecule has 0 saturated carbocycles. The summed E-state index contributed by atoms with van der Waals surface area (Å²) in [5.41, 5.74) is 0. The van der Waals surface area contributed by atoms with Crippen LogP contribution in [0, 0.1) is 0 Å². The van der Waals surface area contributed by atoms with E-state index in [0.29, 0.717) is 6.29 Å². The standard InChI is InChI=1S/C8H7NO5/c10-2-1-4-7(8(12)13)9-5(11)3-6(9)14-4/h1-2,6-7H,3H2,(H,12,13)/p-1/b4-1-/t6-,7-/m1/s1. The number of β-lactam (4-membered cyclic amide) rings is 1. The van der Waals surface area contributed by atoms with Crippen molar-refractivity contribution in [1.82, 2.24) is 4.90 Å². The minimum Gasteiger partial charge on any atom is -0.547 e. The van der Waals surface area contributed by atoms with E-state index in [1.165, 1.54) is 0 Å². The van der Waals surface area contributed by atoms with E-state index in [1.54, 1.807) is 0 Å². The minimum absolute atomic E-state index is 0.0316.